The van der Waals surface area contributed by atoms with Crippen molar-refractivity contribution in [2.75, 3.05) is 13.2 Å². The van der Waals surface area contributed by atoms with Gasteiger partial charge in [-0.15, -0.1) is 0 Å². The summed E-state index contributed by atoms with van der Waals surface area (Å²) >= 11 is 0. The molecule has 3 atom stereocenters. The van der Waals surface area contributed by atoms with Crippen LogP contribution in [0.2, 0.25) is 0 Å². The predicted molar refractivity (Wildman–Crippen MR) is 58.3 cm³/mol. The van der Waals surface area contributed by atoms with Crippen LogP contribution in [0.1, 0.15) is 39.5 Å². The quantitative estimate of drug-likeness (QED) is 0.729. The fourth-order valence-electron chi connectivity index (χ4n) is 2.65. The third kappa shape index (κ3) is 2.29. The summed E-state index contributed by atoms with van der Waals surface area (Å²) in [6.07, 6.45) is 5.85. The lowest BCUT2D eigenvalue weighted by molar-refractivity contribution is 0.0926. The number of nitrogens with one attached hydrogen (secondary N) is 1. The van der Waals surface area contributed by atoms with Crippen LogP contribution in [0.15, 0.2) is 0 Å². The van der Waals surface area contributed by atoms with Crippen molar-refractivity contribution in [3.63, 3.8) is 0 Å². The topological polar surface area (TPSA) is 21.3 Å². The molecule has 0 aromatic heterocycles. The van der Waals surface area contributed by atoms with Crippen LogP contribution in [-0.2, 0) is 4.74 Å². The molecule has 1 aliphatic carbocycles. The van der Waals surface area contributed by atoms with Crippen molar-refractivity contribution in [2.45, 2.75) is 51.7 Å². The van der Waals surface area contributed by atoms with Crippen LogP contribution in [-0.4, -0.2) is 25.3 Å². The smallest absolute Gasteiger partial charge is 0.0590 e. The van der Waals surface area contributed by atoms with Gasteiger partial charge in [-0.25, -0.2) is 0 Å². The van der Waals surface area contributed by atoms with E-state index in [0.717, 1.165) is 24.5 Å². The molecule has 14 heavy (non-hydrogen) atoms. The summed E-state index contributed by atoms with van der Waals surface area (Å²) in [6, 6.07) is 0.743. The first-order valence-electron chi connectivity index (χ1n) is 6.18. The van der Waals surface area contributed by atoms with Crippen LogP contribution >= 0.6 is 0 Å². The highest BCUT2D eigenvalue weighted by molar-refractivity contribution is 4.94. The zero-order valence-electron chi connectivity index (χ0n) is 9.46. The Morgan fingerprint density at radius 3 is 2.64 bits per heavy atom. The molecule has 0 radical (unpaired) electrons. The summed E-state index contributed by atoms with van der Waals surface area (Å²) < 4.78 is 5.66. The van der Waals surface area contributed by atoms with E-state index in [1.54, 1.807) is 0 Å². The van der Waals surface area contributed by atoms with E-state index in [-0.39, 0.29) is 0 Å². The molecule has 2 nitrogen and oxygen atoms in total. The highest BCUT2D eigenvalue weighted by Crippen LogP contribution is 2.39. The highest BCUT2D eigenvalue weighted by Gasteiger charge is 2.40. The van der Waals surface area contributed by atoms with Gasteiger partial charge in [0.15, 0.2) is 0 Å². The van der Waals surface area contributed by atoms with Gasteiger partial charge in [0, 0.05) is 18.6 Å². The van der Waals surface area contributed by atoms with Crippen molar-refractivity contribution >= 4 is 0 Å². The van der Waals surface area contributed by atoms with E-state index in [1.165, 1.54) is 32.2 Å². The molecule has 82 valence electrons. The van der Waals surface area contributed by atoms with Crippen LogP contribution in [0.25, 0.3) is 0 Å². The fourth-order valence-corrected chi connectivity index (χ4v) is 2.65. The van der Waals surface area contributed by atoms with E-state index in [1.807, 2.05) is 0 Å². The second kappa shape index (κ2) is 4.63. The van der Waals surface area contributed by atoms with E-state index < -0.39 is 0 Å². The Morgan fingerprint density at radius 2 is 2.14 bits per heavy atom. The van der Waals surface area contributed by atoms with Gasteiger partial charge in [0.2, 0.25) is 0 Å². The van der Waals surface area contributed by atoms with Crippen LogP contribution in [0.3, 0.4) is 0 Å². The molecule has 1 saturated heterocycles. The summed E-state index contributed by atoms with van der Waals surface area (Å²) in [5.74, 6) is 1.73. The second-order valence-corrected chi connectivity index (χ2v) is 4.85. The van der Waals surface area contributed by atoms with Crippen molar-refractivity contribution in [1.29, 1.82) is 0 Å². The van der Waals surface area contributed by atoms with Crippen molar-refractivity contribution < 1.29 is 4.74 Å². The van der Waals surface area contributed by atoms with Crippen molar-refractivity contribution in [2.24, 2.45) is 11.8 Å². The Balaban J connectivity index is 1.88. The van der Waals surface area contributed by atoms with Gasteiger partial charge < -0.3 is 10.1 Å². The number of hydrogen-bond acceptors (Lipinski definition) is 2. The van der Waals surface area contributed by atoms with E-state index in [0.29, 0.717) is 6.10 Å². The Morgan fingerprint density at radius 1 is 1.36 bits per heavy atom. The zero-order chi connectivity index (χ0) is 9.97. The SMILES string of the molecule is CCCNC(C1CC1)C1CCOC1C. The Bertz CT molecular complexity index is 179. The van der Waals surface area contributed by atoms with Crippen molar-refractivity contribution in [3.8, 4) is 0 Å². The first-order chi connectivity index (χ1) is 6.83. The largest absolute Gasteiger partial charge is 0.378 e. The average molecular weight is 197 g/mol. The predicted octanol–water partition coefficient (Wildman–Crippen LogP) is 2.19. The average Bonchev–Trinajstić information content (AvgIpc) is 2.92. The van der Waals surface area contributed by atoms with Gasteiger partial charge >= 0.3 is 0 Å². The molecule has 0 aromatic carbocycles. The molecule has 2 aliphatic rings. The molecule has 0 aromatic rings. The molecule has 0 spiro atoms. The first-order valence-corrected chi connectivity index (χ1v) is 6.18. The van der Waals surface area contributed by atoms with E-state index >= 15 is 0 Å². The van der Waals surface area contributed by atoms with Gasteiger partial charge in [-0.2, -0.15) is 0 Å². The molecular formula is C12H23NO. The van der Waals surface area contributed by atoms with Gasteiger partial charge in [-0.3, -0.25) is 0 Å². The van der Waals surface area contributed by atoms with Crippen molar-refractivity contribution in [3.05, 3.63) is 0 Å². The van der Waals surface area contributed by atoms with Gasteiger partial charge in [0.05, 0.1) is 6.10 Å². The summed E-state index contributed by atoms with van der Waals surface area (Å²) in [7, 11) is 0. The Hall–Kier alpha value is -0.0800. The van der Waals surface area contributed by atoms with E-state index in [2.05, 4.69) is 19.2 Å². The molecule has 3 unspecified atom stereocenters. The monoisotopic (exact) mass is 197 g/mol. The third-order valence-corrected chi connectivity index (χ3v) is 3.66. The Kier molecular flexibility index (Phi) is 3.45. The van der Waals surface area contributed by atoms with Gasteiger partial charge in [0.25, 0.3) is 0 Å². The normalized spacial score (nSPS) is 34.7. The molecule has 2 rings (SSSR count). The molecule has 2 heteroatoms. The molecule has 1 N–H and O–H groups in total. The van der Waals surface area contributed by atoms with Crippen LogP contribution in [0.5, 0.6) is 0 Å². The third-order valence-electron chi connectivity index (χ3n) is 3.66. The van der Waals surface area contributed by atoms with Gasteiger partial charge in [-0.1, -0.05) is 6.92 Å². The zero-order valence-corrected chi connectivity index (χ0v) is 9.46. The maximum atomic E-state index is 5.66. The van der Waals surface area contributed by atoms with Crippen molar-refractivity contribution in [1.82, 2.24) is 5.32 Å². The Labute approximate surface area is 87.4 Å². The van der Waals surface area contributed by atoms with E-state index in [9.17, 15) is 0 Å². The fraction of sp³-hybridized carbons (Fsp3) is 1.00. The minimum Gasteiger partial charge on any atom is -0.378 e. The number of hydrogen-bond donors (Lipinski definition) is 1. The molecule has 0 amide bonds. The van der Waals surface area contributed by atoms with Gasteiger partial charge in [0.1, 0.15) is 0 Å². The van der Waals surface area contributed by atoms with Crippen LogP contribution in [0.4, 0.5) is 0 Å². The molecule has 1 aliphatic heterocycles. The maximum Gasteiger partial charge on any atom is 0.0590 e. The van der Waals surface area contributed by atoms with Crippen LogP contribution in [0, 0.1) is 11.8 Å². The second-order valence-electron chi connectivity index (χ2n) is 4.85. The summed E-state index contributed by atoms with van der Waals surface area (Å²) in [5.41, 5.74) is 0. The summed E-state index contributed by atoms with van der Waals surface area (Å²) in [5, 5.41) is 3.72. The highest BCUT2D eigenvalue weighted by atomic mass is 16.5. The number of rotatable bonds is 5. The molecule has 1 saturated carbocycles. The standard InChI is InChI=1S/C12H23NO/c1-3-7-13-12(10-4-5-10)11-6-8-14-9(11)2/h9-13H,3-8H2,1-2H3. The van der Waals surface area contributed by atoms with Gasteiger partial charge in [-0.05, 0) is 45.1 Å². The lowest BCUT2D eigenvalue weighted by Crippen LogP contribution is -2.41. The van der Waals surface area contributed by atoms with E-state index in [4.69, 9.17) is 4.74 Å². The molecule has 2 fully saturated rings. The lowest BCUT2D eigenvalue weighted by Gasteiger charge is -2.26. The molecule has 1 heterocycles. The molecule has 0 bridgehead atoms. The lowest BCUT2D eigenvalue weighted by atomic mass is 9.90. The first kappa shape index (κ1) is 10.4. The summed E-state index contributed by atoms with van der Waals surface area (Å²) in [4.78, 5) is 0. The maximum absolute atomic E-state index is 5.66. The van der Waals surface area contributed by atoms with Crippen LogP contribution < -0.4 is 5.32 Å². The minimum atomic E-state index is 0.477. The summed E-state index contributed by atoms with van der Waals surface area (Å²) in [6.45, 7) is 6.62. The molecular weight excluding hydrogens is 174 g/mol. The minimum absolute atomic E-state index is 0.477. The number of ether oxygens (including phenoxy) is 1.